The molecule has 0 bridgehead atoms. The van der Waals surface area contributed by atoms with Crippen LogP contribution in [0.25, 0.3) is 16.9 Å². The van der Waals surface area contributed by atoms with Gasteiger partial charge in [0.25, 0.3) is 0 Å². The topological polar surface area (TPSA) is 39.4 Å². The lowest BCUT2D eigenvalue weighted by atomic mass is 10.1. The van der Waals surface area contributed by atoms with E-state index >= 15 is 0 Å². The van der Waals surface area contributed by atoms with Crippen LogP contribution in [0.15, 0.2) is 36.7 Å². The summed E-state index contributed by atoms with van der Waals surface area (Å²) in [7, 11) is 0. The monoisotopic (exact) mass is 393 g/mol. The molecule has 0 aliphatic carbocycles. The molecular weight excluding hydrogens is 377 g/mol. The minimum absolute atomic E-state index is 0.183. The van der Waals surface area contributed by atoms with Gasteiger partial charge in [-0.05, 0) is 61.1 Å². The van der Waals surface area contributed by atoms with E-state index in [0.717, 1.165) is 32.0 Å². The Labute approximate surface area is 137 Å². The largest absolute Gasteiger partial charge is 0.491 e. The minimum Gasteiger partial charge on any atom is -0.491 e. The number of ether oxygens (including phenoxy) is 1. The van der Waals surface area contributed by atoms with Crippen LogP contribution in [0, 0.1) is 10.6 Å². The summed E-state index contributed by atoms with van der Waals surface area (Å²) in [5.41, 5.74) is 3.21. The Kier molecular flexibility index (Phi) is 3.84. The minimum atomic E-state index is 0.183. The molecule has 0 fully saturated rings. The van der Waals surface area contributed by atoms with Gasteiger partial charge in [-0.25, -0.2) is 9.97 Å². The second-order valence-electron chi connectivity index (χ2n) is 5.18. The summed E-state index contributed by atoms with van der Waals surface area (Å²) in [6.07, 6.45) is 4.10. The highest BCUT2D eigenvalue weighted by Crippen LogP contribution is 2.26. The molecule has 0 spiro atoms. The zero-order valence-corrected chi connectivity index (χ0v) is 14.3. The highest BCUT2D eigenvalue weighted by atomic mass is 127. The van der Waals surface area contributed by atoms with Crippen molar-refractivity contribution in [1.29, 1.82) is 0 Å². The Morgan fingerprint density at radius 3 is 2.57 bits per heavy atom. The zero-order valence-electron chi connectivity index (χ0n) is 12.2. The zero-order chi connectivity index (χ0) is 15.0. The molecule has 0 saturated carbocycles. The maximum absolute atomic E-state index is 5.68. The lowest BCUT2D eigenvalue weighted by molar-refractivity contribution is 0.242. The van der Waals surface area contributed by atoms with Gasteiger partial charge in [0.2, 0.25) is 5.78 Å². The van der Waals surface area contributed by atoms with Crippen LogP contribution in [0.2, 0.25) is 0 Å². The third-order valence-electron chi connectivity index (χ3n) is 3.18. The molecule has 0 atom stereocenters. The number of aromatic nitrogens is 3. The summed E-state index contributed by atoms with van der Waals surface area (Å²) in [6.45, 7) is 6.06. The third kappa shape index (κ3) is 2.88. The van der Waals surface area contributed by atoms with Gasteiger partial charge in [-0.3, -0.25) is 4.40 Å². The normalized spacial score (nSPS) is 11.3. The van der Waals surface area contributed by atoms with E-state index < -0.39 is 0 Å². The first-order valence-corrected chi connectivity index (χ1v) is 7.90. The summed E-state index contributed by atoms with van der Waals surface area (Å²) in [5, 5.41) is 0. The van der Waals surface area contributed by atoms with Gasteiger partial charge in [0.1, 0.15) is 9.45 Å². The Balaban J connectivity index is 2.03. The van der Waals surface area contributed by atoms with Gasteiger partial charge in [0.05, 0.1) is 18.0 Å². The first-order valence-electron chi connectivity index (χ1n) is 6.82. The fourth-order valence-corrected chi connectivity index (χ4v) is 2.73. The van der Waals surface area contributed by atoms with Crippen molar-refractivity contribution in [3.8, 4) is 16.9 Å². The number of hydrogen-bond acceptors (Lipinski definition) is 3. The number of fused-ring (bicyclic) bond motifs is 1. The first-order chi connectivity index (χ1) is 10.0. The summed E-state index contributed by atoms with van der Waals surface area (Å²) in [4.78, 5) is 8.84. The van der Waals surface area contributed by atoms with E-state index in [0.29, 0.717) is 0 Å². The molecule has 3 aromatic rings. The van der Waals surface area contributed by atoms with Gasteiger partial charge in [-0.2, -0.15) is 0 Å². The molecule has 0 saturated heterocycles. The van der Waals surface area contributed by atoms with E-state index in [9.17, 15) is 0 Å². The maximum atomic E-state index is 5.68. The molecule has 0 aliphatic rings. The summed E-state index contributed by atoms with van der Waals surface area (Å²) < 4.78 is 8.73. The average molecular weight is 393 g/mol. The lowest BCUT2D eigenvalue weighted by Crippen LogP contribution is -2.05. The van der Waals surface area contributed by atoms with Crippen LogP contribution in [0.4, 0.5) is 0 Å². The molecule has 0 amide bonds. The second kappa shape index (κ2) is 5.63. The second-order valence-corrected chi connectivity index (χ2v) is 6.29. The molecular formula is C16H16IN3O. The van der Waals surface area contributed by atoms with Crippen molar-refractivity contribution < 1.29 is 4.74 Å². The van der Waals surface area contributed by atoms with E-state index in [1.54, 1.807) is 0 Å². The highest BCUT2D eigenvalue weighted by molar-refractivity contribution is 14.1. The van der Waals surface area contributed by atoms with E-state index in [2.05, 4.69) is 50.9 Å². The predicted molar refractivity (Wildman–Crippen MR) is 91.6 cm³/mol. The van der Waals surface area contributed by atoms with Crippen LogP contribution < -0.4 is 4.74 Å². The van der Waals surface area contributed by atoms with Crippen LogP contribution in [-0.4, -0.2) is 20.5 Å². The standard InChI is InChI=1S/C16H16IN3O/c1-10(2)21-13-6-4-12(5-7-13)14-9-20-15(17)8-18-16(20)19-11(14)3/h4-10H,1-3H3. The van der Waals surface area contributed by atoms with E-state index in [1.807, 2.05) is 43.5 Å². The van der Waals surface area contributed by atoms with Gasteiger partial charge in [-0.15, -0.1) is 0 Å². The first kappa shape index (κ1) is 14.3. The number of imidazole rings is 1. The molecule has 4 nitrogen and oxygen atoms in total. The molecule has 0 N–H and O–H groups in total. The number of hydrogen-bond donors (Lipinski definition) is 0. The molecule has 1 aromatic carbocycles. The summed E-state index contributed by atoms with van der Waals surface area (Å²) in [5.74, 6) is 1.62. The SMILES string of the molecule is Cc1nc2ncc(I)n2cc1-c1ccc(OC(C)C)cc1. The van der Waals surface area contributed by atoms with Crippen molar-refractivity contribution in [1.82, 2.24) is 14.4 Å². The fraction of sp³-hybridized carbons (Fsp3) is 0.250. The Hall–Kier alpha value is -1.63. The fourth-order valence-electron chi connectivity index (χ4n) is 2.23. The Morgan fingerprint density at radius 2 is 1.90 bits per heavy atom. The number of aryl methyl sites for hydroxylation is 1. The predicted octanol–water partition coefficient (Wildman–Crippen LogP) is 4.10. The summed E-state index contributed by atoms with van der Waals surface area (Å²) >= 11 is 2.26. The van der Waals surface area contributed by atoms with Gasteiger partial charge in [0, 0.05) is 11.8 Å². The molecule has 2 aromatic heterocycles. The van der Waals surface area contributed by atoms with Gasteiger partial charge in [0.15, 0.2) is 0 Å². The maximum Gasteiger partial charge on any atom is 0.234 e. The third-order valence-corrected chi connectivity index (χ3v) is 3.98. The van der Waals surface area contributed by atoms with Crippen LogP contribution in [0.1, 0.15) is 19.5 Å². The molecule has 0 radical (unpaired) electrons. The number of nitrogens with zero attached hydrogens (tertiary/aromatic N) is 3. The van der Waals surface area contributed by atoms with Gasteiger partial charge >= 0.3 is 0 Å². The Bertz CT molecular complexity index is 778. The van der Waals surface area contributed by atoms with Crippen molar-refractivity contribution in [2.24, 2.45) is 0 Å². The highest BCUT2D eigenvalue weighted by Gasteiger charge is 2.09. The van der Waals surface area contributed by atoms with Crippen molar-refractivity contribution in [2.75, 3.05) is 0 Å². The smallest absolute Gasteiger partial charge is 0.234 e. The van der Waals surface area contributed by atoms with Crippen molar-refractivity contribution in [3.05, 3.63) is 46.1 Å². The van der Waals surface area contributed by atoms with Crippen molar-refractivity contribution in [3.63, 3.8) is 0 Å². The van der Waals surface area contributed by atoms with Crippen molar-refractivity contribution >= 4 is 28.4 Å². The number of rotatable bonds is 3. The van der Waals surface area contributed by atoms with E-state index in [4.69, 9.17) is 4.74 Å². The quantitative estimate of drug-likeness (QED) is 0.630. The van der Waals surface area contributed by atoms with Crippen LogP contribution in [0.5, 0.6) is 5.75 Å². The molecule has 108 valence electrons. The molecule has 2 heterocycles. The summed E-state index contributed by atoms with van der Waals surface area (Å²) in [6, 6.07) is 8.13. The average Bonchev–Trinajstić information content (AvgIpc) is 2.79. The van der Waals surface area contributed by atoms with E-state index in [1.165, 1.54) is 0 Å². The molecule has 5 heteroatoms. The van der Waals surface area contributed by atoms with Gasteiger partial charge < -0.3 is 4.74 Å². The van der Waals surface area contributed by atoms with Crippen LogP contribution in [0.3, 0.4) is 0 Å². The van der Waals surface area contributed by atoms with Crippen LogP contribution >= 0.6 is 22.6 Å². The number of halogens is 1. The Morgan fingerprint density at radius 1 is 1.19 bits per heavy atom. The van der Waals surface area contributed by atoms with Gasteiger partial charge in [-0.1, -0.05) is 12.1 Å². The molecule has 3 rings (SSSR count). The number of benzene rings is 1. The molecule has 0 unspecified atom stereocenters. The van der Waals surface area contributed by atoms with E-state index in [-0.39, 0.29) is 6.10 Å². The molecule has 0 aliphatic heterocycles. The lowest BCUT2D eigenvalue weighted by Gasteiger charge is -2.11. The van der Waals surface area contributed by atoms with Crippen molar-refractivity contribution in [2.45, 2.75) is 26.9 Å². The molecule has 21 heavy (non-hydrogen) atoms. The van der Waals surface area contributed by atoms with Crippen LogP contribution in [-0.2, 0) is 0 Å².